The van der Waals surface area contributed by atoms with Crippen LogP contribution in [0.4, 0.5) is 5.69 Å². The molecule has 1 rings (SSSR count). The second-order valence-corrected chi connectivity index (χ2v) is 4.33. The Bertz CT molecular complexity index is 366. The summed E-state index contributed by atoms with van der Waals surface area (Å²) < 4.78 is 0. The maximum absolute atomic E-state index is 9.07. The van der Waals surface area contributed by atoms with E-state index < -0.39 is 0 Å². The SMILES string of the molecule is CC(C)N(CCO)c1ccccc1C(N)=S. The molecule has 3 nitrogen and oxygen atoms in total. The van der Waals surface area contributed by atoms with E-state index in [4.69, 9.17) is 23.1 Å². The van der Waals surface area contributed by atoms with E-state index in [0.717, 1.165) is 11.3 Å². The quantitative estimate of drug-likeness (QED) is 0.764. The van der Waals surface area contributed by atoms with Crippen molar-refractivity contribution in [1.29, 1.82) is 0 Å². The molecule has 0 atom stereocenters. The summed E-state index contributed by atoms with van der Waals surface area (Å²) in [6, 6.07) is 8.04. The zero-order chi connectivity index (χ0) is 12.1. The van der Waals surface area contributed by atoms with Gasteiger partial charge in [0, 0.05) is 23.8 Å². The Morgan fingerprint density at radius 2 is 2.06 bits per heavy atom. The third-order valence-corrected chi connectivity index (χ3v) is 2.66. The minimum atomic E-state index is 0.115. The number of benzene rings is 1. The summed E-state index contributed by atoms with van der Waals surface area (Å²) in [5.41, 5.74) is 7.54. The van der Waals surface area contributed by atoms with Gasteiger partial charge in [-0.15, -0.1) is 0 Å². The maximum Gasteiger partial charge on any atom is 0.106 e. The fraction of sp³-hybridized carbons (Fsp3) is 0.417. The lowest BCUT2D eigenvalue weighted by atomic mass is 10.1. The number of rotatable bonds is 5. The van der Waals surface area contributed by atoms with E-state index in [1.807, 2.05) is 24.3 Å². The molecule has 0 heterocycles. The van der Waals surface area contributed by atoms with Gasteiger partial charge >= 0.3 is 0 Å². The molecule has 0 radical (unpaired) electrons. The molecule has 0 amide bonds. The molecule has 4 heteroatoms. The van der Waals surface area contributed by atoms with Crippen LogP contribution < -0.4 is 10.6 Å². The Kier molecular flexibility index (Phi) is 4.71. The molecule has 0 aliphatic carbocycles. The monoisotopic (exact) mass is 238 g/mol. The van der Waals surface area contributed by atoms with E-state index >= 15 is 0 Å². The Morgan fingerprint density at radius 1 is 1.44 bits per heavy atom. The third-order valence-electron chi connectivity index (χ3n) is 2.44. The fourth-order valence-corrected chi connectivity index (χ4v) is 1.87. The number of hydrogen-bond acceptors (Lipinski definition) is 3. The number of thiocarbonyl (C=S) groups is 1. The molecule has 0 spiro atoms. The molecular formula is C12H18N2OS. The zero-order valence-corrected chi connectivity index (χ0v) is 10.5. The van der Waals surface area contributed by atoms with Crippen molar-refractivity contribution < 1.29 is 5.11 Å². The van der Waals surface area contributed by atoms with Gasteiger partial charge in [-0.1, -0.05) is 24.4 Å². The van der Waals surface area contributed by atoms with Crippen LogP contribution in [-0.2, 0) is 0 Å². The predicted octanol–water partition coefficient (Wildman–Crippen LogP) is 1.53. The molecule has 0 fully saturated rings. The van der Waals surface area contributed by atoms with Crippen LogP contribution in [-0.4, -0.2) is 29.3 Å². The molecule has 0 bridgehead atoms. The molecule has 0 aliphatic heterocycles. The highest BCUT2D eigenvalue weighted by molar-refractivity contribution is 7.80. The average molecular weight is 238 g/mol. The number of hydrogen-bond donors (Lipinski definition) is 2. The Labute approximate surface area is 102 Å². The maximum atomic E-state index is 9.07. The summed E-state index contributed by atoms with van der Waals surface area (Å²) in [6.07, 6.45) is 0. The van der Waals surface area contributed by atoms with Crippen molar-refractivity contribution in [3.8, 4) is 0 Å². The first kappa shape index (κ1) is 12.9. The lowest BCUT2D eigenvalue weighted by molar-refractivity contribution is 0.299. The molecule has 3 N–H and O–H groups in total. The fourth-order valence-electron chi connectivity index (χ4n) is 1.70. The Morgan fingerprint density at radius 3 is 2.56 bits per heavy atom. The van der Waals surface area contributed by atoms with Crippen LogP contribution in [0, 0.1) is 0 Å². The van der Waals surface area contributed by atoms with Gasteiger partial charge in [0.2, 0.25) is 0 Å². The van der Waals surface area contributed by atoms with Gasteiger partial charge in [0.05, 0.1) is 6.61 Å². The normalized spacial score (nSPS) is 10.5. The third kappa shape index (κ3) is 2.93. The molecule has 1 aromatic rings. The first-order valence-electron chi connectivity index (χ1n) is 5.34. The molecule has 16 heavy (non-hydrogen) atoms. The van der Waals surface area contributed by atoms with Crippen LogP contribution in [0.25, 0.3) is 0 Å². The van der Waals surface area contributed by atoms with Crippen molar-refractivity contribution in [3.63, 3.8) is 0 Å². The van der Waals surface area contributed by atoms with Crippen LogP contribution in [0.2, 0.25) is 0 Å². The van der Waals surface area contributed by atoms with Gasteiger partial charge in [-0.2, -0.15) is 0 Å². The first-order chi connectivity index (χ1) is 7.57. The molecule has 0 saturated carbocycles. The number of anilines is 1. The largest absolute Gasteiger partial charge is 0.395 e. The van der Waals surface area contributed by atoms with Gasteiger partial charge in [0.1, 0.15) is 4.99 Å². The van der Waals surface area contributed by atoms with Gasteiger partial charge in [-0.25, -0.2) is 0 Å². The van der Waals surface area contributed by atoms with E-state index in [9.17, 15) is 0 Å². The summed E-state index contributed by atoms with van der Waals surface area (Å²) in [6.45, 7) is 4.85. The smallest absolute Gasteiger partial charge is 0.106 e. The van der Waals surface area contributed by atoms with Crippen molar-refractivity contribution >= 4 is 22.9 Å². The number of aliphatic hydroxyl groups is 1. The average Bonchev–Trinajstić information content (AvgIpc) is 2.25. The summed E-state index contributed by atoms with van der Waals surface area (Å²) in [4.78, 5) is 2.48. The van der Waals surface area contributed by atoms with Gasteiger partial charge < -0.3 is 15.7 Å². The summed E-state index contributed by atoms with van der Waals surface area (Å²) in [5, 5.41) is 9.07. The second-order valence-electron chi connectivity index (χ2n) is 3.89. The van der Waals surface area contributed by atoms with Gasteiger partial charge in [-0.05, 0) is 26.0 Å². The van der Waals surface area contributed by atoms with Gasteiger partial charge in [-0.3, -0.25) is 0 Å². The van der Waals surface area contributed by atoms with Gasteiger partial charge in [0.15, 0.2) is 0 Å². The number of nitrogens with zero attached hydrogens (tertiary/aromatic N) is 1. The van der Waals surface area contributed by atoms with E-state index in [0.29, 0.717) is 17.6 Å². The topological polar surface area (TPSA) is 49.5 Å². The van der Waals surface area contributed by atoms with Crippen molar-refractivity contribution in [2.75, 3.05) is 18.1 Å². The van der Waals surface area contributed by atoms with Crippen LogP contribution in [0.3, 0.4) is 0 Å². The molecule has 88 valence electrons. The van der Waals surface area contributed by atoms with Crippen LogP contribution in [0.15, 0.2) is 24.3 Å². The Hall–Kier alpha value is -1.13. The highest BCUT2D eigenvalue weighted by Crippen LogP contribution is 2.22. The number of nitrogens with two attached hydrogens (primary N) is 1. The molecular weight excluding hydrogens is 220 g/mol. The van der Waals surface area contributed by atoms with Crippen molar-refractivity contribution in [3.05, 3.63) is 29.8 Å². The predicted molar refractivity (Wildman–Crippen MR) is 71.9 cm³/mol. The van der Waals surface area contributed by atoms with E-state index in [1.54, 1.807) is 0 Å². The second kappa shape index (κ2) is 5.82. The summed E-state index contributed by atoms with van der Waals surface area (Å²) in [5.74, 6) is 0. The van der Waals surface area contributed by atoms with Crippen molar-refractivity contribution in [2.24, 2.45) is 5.73 Å². The lowest BCUT2D eigenvalue weighted by Crippen LogP contribution is -2.35. The number of para-hydroxylation sites is 1. The first-order valence-corrected chi connectivity index (χ1v) is 5.75. The minimum absolute atomic E-state index is 0.115. The highest BCUT2D eigenvalue weighted by atomic mass is 32.1. The van der Waals surface area contributed by atoms with Crippen LogP contribution in [0.5, 0.6) is 0 Å². The minimum Gasteiger partial charge on any atom is -0.395 e. The molecule has 0 aromatic heterocycles. The molecule has 0 aliphatic rings. The van der Waals surface area contributed by atoms with Crippen molar-refractivity contribution in [2.45, 2.75) is 19.9 Å². The van der Waals surface area contributed by atoms with Crippen LogP contribution >= 0.6 is 12.2 Å². The van der Waals surface area contributed by atoms with E-state index in [2.05, 4.69) is 18.7 Å². The molecule has 1 aromatic carbocycles. The van der Waals surface area contributed by atoms with E-state index in [-0.39, 0.29) is 6.61 Å². The number of aliphatic hydroxyl groups excluding tert-OH is 1. The van der Waals surface area contributed by atoms with Crippen LogP contribution in [0.1, 0.15) is 19.4 Å². The molecule has 0 saturated heterocycles. The highest BCUT2D eigenvalue weighted by Gasteiger charge is 2.14. The Balaban J connectivity index is 3.12. The molecule has 0 unspecified atom stereocenters. The lowest BCUT2D eigenvalue weighted by Gasteiger charge is -2.30. The van der Waals surface area contributed by atoms with Crippen molar-refractivity contribution in [1.82, 2.24) is 0 Å². The van der Waals surface area contributed by atoms with Gasteiger partial charge in [0.25, 0.3) is 0 Å². The summed E-state index contributed by atoms with van der Waals surface area (Å²) in [7, 11) is 0. The zero-order valence-electron chi connectivity index (χ0n) is 9.68. The standard InChI is InChI=1S/C12H18N2OS/c1-9(2)14(7-8-15)11-6-4-3-5-10(11)12(13)16/h3-6,9,15H,7-8H2,1-2H3,(H2,13,16). The summed E-state index contributed by atoms with van der Waals surface area (Å²) >= 11 is 5.03. The van der Waals surface area contributed by atoms with E-state index in [1.165, 1.54) is 0 Å².